The van der Waals surface area contributed by atoms with Crippen LogP contribution in [0.15, 0.2) is 67.0 Å². The third-order valence-electron chi connectivity index (χ3n) is 3.82. The van der Waals surface area contributed by atoms with Gasteiger partial charge in [0.15, 0.2) is 29.7 Å². The van der Waals surface area contributed by atoms with Crippen LogP contribution in [-0.4, -0.2) is 20.5 Å². The highest BCUT2D eigenvalue weighted by Crippen LogP contribution is 2.33. The number of ether oxygens (including phenoxy) is 1. The molecule has 1 aromatic heterocycles. The summed E-state index contributed by atoms with van der Waals surface area (Å²) in [6.45, 7) is 0.0457. The summed E-state index contributed by atoms with van der Waals surface area (Å²) in [7, 11) is -3.66. The van der Waals surface area contributed by atoms with Gasteiger partial charge in [0.1, 0.15) is 5.82 Å². The molecule has 6 nitrogen and oxygen atoms in total. The van der Waals surface area contributed by atoms with E-state index in [2.05, 4.69) is 4.72 Å². The molecule has 0 spiro atoms. The molecule has 0 aliphatic carbocycles. The number of aromatic nitrogens is 1. The number of sulfonamides is 1. The summed E-state index contributed by atoms with van der Waals surface area (Å²) in [6, 6.07) is 12.2. The fraction of sp³-hybridized carbons (Fsp3) is 0.100. The number of nitrogens with zero attached hydrogens (tertiary/aromatic N) is 1. The first-order valence-corrected chi connectivity index (χ1v) is 10.3. The van der Waals surface area contributed by atoms with Gasteiger partial charge in [0.25, 0.3) is 0 Å². The van der Waals surface area contributed by atoms with Gasteiger partial charge >= 0.3 is 0 Å². The summed E-state index contributed by atoms with van der Waals surface area (Å²) in [5.74, 6) is -2.42. The molecule has 0 radical (unpaired) electrons. The Kier molecular flexibility index (Phi) is 7.47. The van der Waals surface area contributed by atoms with E-state index >= 15 is 0 Å². The molecule has 0 saturated carbocycles. The Balaban J connectivity index is 0.00000320. The lowest BCUT2D eigenvalue weighted by atomic mass is 10.1. The molecule has 2 aromatic carbocycles. The van der Waals surface area contributed by atoms with E-state index in [1.807, 2.05) is 6.07 Å². The number of hydrogen-bond donors (Lipinski definition) is 1. The molecule has 10 heteroatoms. The van der Waals surface area contributed by atoms with E-state index in [9.17, 15) is 22.0 Å². The van der Waals surface area contributed by atoms with Gasteiger partial charge in [-0.25, -0.2) is 17.2 Å². The fourth-order valence-corrected chi connectivity index (χ4v) is 3.11. The van der Waals surface area contributed by atoms with Crippen molar-refractivity contribution in [3.63, 3.8) is 0 Å². The molecule has 1 N–H and O–H groups in total. The number of pyridine rings is 1. The Labute approximate surface area is 178 Å². The zero-order valence-corrected chi connectivity index (χ0v) is 17.3. The van der Waals surface area contributed by atoms with Crippen molar-refractivity contribution in [3.8, 4) is 11.5 Å². The van der Waals surface area contributed by atoms with Gasteiger partial charge in [0, 0.05) is 23.8 Å². The van der Waals surface area contributed by atoms with Crippen LogP contribution in [0.5, 0.6) is 11.5 Å². The fourth-order valence-electron chi connectivity index (χ4n) is 2.54. The van der Waals surface area contributed by atoms with E-state index in [0.717, 1.165) is 18.4 Å². The minimum absolute atomic E-state index is 0. The van der Waals surface area contributed by atoms with Crippen LogP contribution in [0.1, 0.15) is 10.4 Å². The molecule has 3 aromatic rings. The summed E-state index contributed by atoms with van der Waals surface area (Å²) < 4.78 is 59.7. The number of Topliss-reactive ketones (excluding diaryl/α,β-unsaturated/α-hetero) is 1. The average Bonchev–Trinajstić information content (AvgIpc) is 2.65. The topological polar surface area (TPSA) is 76.4 Å². The van der Waals surface area contributed by atoms with E-state index < -0.39 is 21.7 Å². The lowest BCUT2D eigenvalue weighted by molar-refractivity contribution is -0.683. The molecule has 30 heavy (non-hydrogen) atoms. The number of rotatable bonds is 7. The zero-order chi connectivity index (χ0) is 21.0. The van der Waals surface area contributed by atoms with Crippen molar-refractivity contribution < 1.29 is 43.7 Å². The van der Waals surface area contributed by atoms with Gasteiger partial charge in [-0.15, -0.1) is 0 Å². The number of ketones is 1. The number of anilines is 1. The van der Waals surface area contributed by atoms with E-state index in [4.69, 9.17) is 4.74 Å². The molecule has 0 aliphatic rings. The van der Waals surface area contributed by atoms with Crippen molar-refractivity contribution in [2.24, 2.45) is 0 Å². The van der Waals surface area contributed by atoms with Crippen molar-refractivity contribution in [1.82, 2.24) is 0 Å². The predicted molar refractivity (Wildman–Crippen MR) is 102 cm³/mol. The van der Waals surface area contributed by atoms with Gasteiger partial charge in [0.2, 0.25) is 22.4 Å². The van der Waals surface area contributed by atoms with Crippen LogP contribution in [0.3, 0.4) is 0 Å². The first-order valence-electron chi connectivity index (χ1n) is 8.43. The monoisotopic (exact) mass is 454 g/mol. The summed E-state index contributed by atoms with van der Waals surface area (Å²) in [4.78, 5) is 12.6. The quantitative estimate of drug-likeness (QED) is 0.411. The van der Waals surface area contributed by atoms with Crippen molar-refractivity contribution in [2.45, 2.75) is 6.54 Å². The molecule has 0 aliphatic heterocycles. The number of carbonyl (C=O) groups excluding carboxylic acids is 1. The summed E-state index contributed by atoms with van der Waals surface area (Å²) in [5, 5.41) is 0. The highest BCUT2D eigenvalue weighted by Gasteiger charge is 2.18. The highest BCUT2D eigenvalue weighted by atomic mass is 35.5. The van der Waals surface area contributed by atoms with Crippen molar-refractivity contribution >= 4 is 21.5 Å². The Bertz CT molecular complexity index is 1160. The lowest BCUT2D eigenvalue weighted by Gasteiger charge is -2.14. The number of halogens is 3. The first kappa shape index (κ1) is 23.2. The standard InChI is InChI=1S/C20H16F2N2O4S.ClH/c1-29(26,27)23-17-7-5-14(18(25)13-24-9-3-2-4-10-24)11-20(17)28-19-8-6-15(21)12-16(19)22;/h2-12H,13H2,1H3;1H. The third-order valence-corrected chi connectivity index (χ3v) is 4.41. The molecular formula is C20H17ClF2N2O4S. The second-order valence-corrected chi connectivity index (χ2v) is 7.98. The number of benzene rings is 2. The van der Waals surface area contributed by atoms with Crippen LogP contribution in [0.25, 0.3) is 0 Å². The highest BCUT2D eigenvalue weighted by molar-refractivity contribution is 7.92. The number of nitrogens with one attached hydrogen (secondary N) is 1. The second-order valence-electron chi connectivity index (χ2n) is 6.23. The first-order chi connectivity index (χ1) is 13.7. The molecule has 158 valence electrons. The molecule has 0 saturated heterocycles. The van der Waals surface area contributed by atoms with E-state index in [0.29, 0.717) is 6.07 Å². The summed E-state index contributed by atoms with van der Waals surface area (Å²) in [5.41, 5.74) is 0.248. The van der Waals surface area contributed by atoms with Crippen molar-refractivity contribution in [1.29, 1.82) is 0 Å². The Morgan fingerprint density at radius 1 is 1.03 bits per heavy atom. The van der Waals surface area contributed by atoms with Gasteiger partial charge < -0.3 is 17.1 Å². The number of carbonyl (C=O) groups is 1. The average molecular weight is 455 g/mol. The van der Waals surface area contributed by atoms with Gasteiger partial charge in [-0.2, -0.15) is 4.57 Å². The molecule has 0 fully saturated rings. The summed E-state index contributed by atoms with van der Waals surface area (Å²) >= 11 is 0. The van der Waals surface area contributed by atoms with E-state index in [1.54, 1.807) is 29.1 Å². The zero-order valence-electron chi connectivity index (χ0n) is 15.7. The molecule has 0 unspecified atom stereocenters. The smallest absolute Gasteiger partial charge is 0.229 e. The van der Waals surface area contributed by atoms with Crippen molar-refractivity contribution in [2.75, 3.05) is 11.0 Å². The molecule has 0 atom stereocenters. The summed E-state index contributed by atoms with van der Waals surface area (Å²) in [6.07, 6.45) is 4.39. The number of hydrogen-bond acceptors (Lipinski definition) is 4. The van der Waals surface area contributed by atoms with Crippen LogP contribution < -0.4 is 26.4 Å². The second kappa shape index (κ2) is 9.64. The van der Waals surface area contributed by atoms with Crippen LogP contribution in [0.4, 0.5) is 14.5 Å². The molecule has 3 rings (SSSR count). The molecule has 1 heterocycles. The van der Waals surface area contributed by atoms with Crippen LogP contribution in [0.2, 0.25) is 0 Å². The van der Waals surface area contributed by atoms with Crippen molar-refractivity contribution in [3.05, 3.63) is 84.2 Å². The Hall–Kier alpha value is -3.04. The van der Waals surface area contributed by atoms with E-state index in [1.165, 1.54) is 18.2 Å². The maximum absolute atomic E-state index is 14.0. The predicted octanol–water partition coefficient (Wildman–Crippen LogP) is 0.303. The normalized spacial score (nSPS) is 10.8. The minimum atomic E-state index is -3.66. The van der Waals surface area contributed by atoms with Gasteiger partial charge in [-0.1, -0.05) is 6.07 Å². The third kappa shape index (κ3) is 6.23. The van der Waals surface area contributed by atoms with Crippen LogP contribution >= 0.6 is 0 Å². The van der Waals surface area contributed by atoms with Gasteiger partial charge in [0.05, 0.1) is 11.9 Å². The van der Waals surface area contributed by atoms with E-state index in [-0.39, 0.29) is 47.5 Å². The molecule has 0 bridgehead atoms. The maximum Gasteiger partial charge on any atom is 0.229 e. The molecular weight excluding hydrogens is 438 g/mol. The Morgan fingerprint density at radius 3 is 2.37 bits per heavy atom. The van der Waals surface area contributed by atoms with Crippen LogP contribution in [0, 0.1) is 11.6 Å². The minimum Gasteiger partial charge on any atom is -1.00 e. The Morgan fingerprint density at radius 2 is 1.73 bits per heavy atom. The lowest BCUT2D eigenvalue weighted by Crippen LogP contribution is -3.00. The molecule has 0 amide bonds. The van der Waals surface area contributed by atoms with Crippen LogP contribution in [-0.2, 0) is 16.6 Å². The maximum atomic E-state index is 14.0. The largest absolute Gasteiger partial charge is 1.00 e. The van der Waals surface area contributed by atoms with Gasteiger partial charge in [-0.3, -0.25) is 9.52 Å². The van der Waals surface area contributed by atoms with Gasteiger partial charge in [-0.05, 0) is 30.3 Å². The SMILES string of the molecule is CS(=O)(=O)Nc1ccc(C(=O)C[n+]2ccccc2)cc1Oc1ccc(F)cc1F.[Cl-].